The first kappa shape index (κ1) is 16.0. The van der Waals surface area contributed by atoms with E-state index < -0.39 is 0 Å². The van der Waals surface area contributed by atoms with Crippen LogP contribution in [-0.2, 0) is 6.42 Å². The minimum atomic E-state index is 0.142. The van der Waals surface area contributed by atoms with Crippen LogP contribution in [0.2, 0.25) is 0 Å². The van der Waals surface area contributed by atoms with Crippen LogP contribution >= 0.6 is 11.8 Å². The molecule has 0 spiro atoms. The summed E-state index contributed by atoms with van der Waals surface area (Å²) in [4.78, 5) is 8.98. The second-order valence-corrected chi connectivity index (χ2v) is 5.53. The molecule has 0 amide bonds. The number of hydrogen-bond acceptors (Lipinski definition) is 6. The van der Waals surface area contributed by atoms with Crippen molar-refractivity contribution >= 4 is 23.4 Å². The molecule has 0 bridgehead atoms. The fourth-order valence-corrected chi connectivity index (χ4v) is 2.48. The van der Waals surface area contributed by atoms with Crippen LogP contribution in [0.1, 0.15) is 25.2 Å². The number of anilines is 2. The first-order valence-electron chi connectivity index (χ1n) is 6.52. The molecule has 2 atom stereocenters. The van der Waals surface area contributed by atoms with E-state index in [1.165, 1.54) is 0 Å². The Bertz CT molecular complexity index is 410. The number of thioether (sulfide) groups is 1. The van der Waals surface area contributed by atoms with Crippen molar-refractivity contribution in [3.8, 4) is 0 Å². The van der Waals surface area contributed by atoms with Crippen LogP contribution in [0.15, 0.2) is 0 Å². The summed E-state index contributed by atoms with van der Waals surface area (Å²) >= 11 is 1.65. The van der Waals surface area contributed by atoms with Gasteiger partial charge in [-0.1, -0.05) is 6.92 Å². The predicted octanol–water partition coefficient (Wildman–Crippen LogP) is 1.91. The minimum absolute atomic E-state index is 0.142. The third-order valence-corrected chi connectivity index (χ3v) is 4.31. The van der Waals surface area contributed by atoms with Gasteiger partial charge in [0.15, 0.2) is 0 Å². The molecule has 6 heteroatoms. The zero-order valence-corrected chi connectivity index (χ0v) is 13.1. The SMILES string of the molecule is CCc1nc(NC)c(C)c(NC(C)C(CO)SC)n1. The van der Waals surface area contributed by atoms with Crippen LogP contribution in [0.5, 0.6) is 0 Å². The quantitative estimate of drug-likeness (QED) is 0.710. The van der Waals surface area contributed by atoms with Gasteiger partial charge in [0.2, 0.25) is 0 Å². The van der Waals surface area contributed by atoms with E-state index in [2.05, 4.69) is 27.5 Å². The van der Waals surface area contributed by atoms with Crippen molar-refractivity contribution in [2.45, 2.75) is 38.5 Å². The van der Waals surface area contributed by atoms with Gasteiger partial charge in [0, 0.05) is 30.3 Å². The van der Waals surface area contributed by atoms with E-state index in [0.29, 0.717) is 0 Å². The monoisotopic (exact) mass is 284 g/mol. The summed E-state index contributed by atoms with van der Waals surface area (Å²) in [6.45, 7) is 6.24. The van der Waals surface area contributed by atoms with E-state index in [-0.39, 0.29) is 17.9 Å². The van der Waals surface area contributed by atoms with E-state index in [1.54, 1.807) is 11.8 Å². The molecule has 3 N–H and O–H groups in total. The molecule has 0 aliphatic carbocycles. The lowest BCUT2D eigenvalue weighted by atomic mass is 10.2. The molecule has 108 valence electrons. The molecule has 0 saturated carbocycles. The molecule has 0 aliphatic heterocycles. The van der Waals surface area contributed by atoms with Gasteiger partial charge in [0.05, 0.1) is 6.61 Å². The molecule has 1 rings (SSSR count). The lowest BCUT2D eigenvalue weighted by molar-refractivity contribution is 0.288. The number of rotatable bonds is 7. The van der Waals surface area contributed by atoms with Crippen LogP contribution in [0.4, 0.5) is 11.6 Å². The largest absolute Gasteiger partial charge is 0.395 e. The van der Waals surface area contributed by atoms with Crippen LogP contribution < -0.4 is 10.6 Å². The lowest BCUT2D eigenvalue weighted by Gasteiger charge is -2.23. The number of aliphatic hydroxyl groups is 1. The fourth-order valence-electron chi connectivity index (χ4n) is 1.85. The Morgan fingerprint density at radius 3 is 2.42 bits per heavy atom. The summed E-state index contributed by atoms with van der Waals surface area (Å²) in [6, 6.07) is 0.142. The average molecular weight is 284 g/mol. The first-order valence-corrected chi connectivity index (χ1v) is 7.81. The Morgan fingerprint density at radius 1 is 1.32 bits per heavy atom. The van der Waals surface area contributed by atoms with E-state index in [0.717, 1.165) is 29.4 Å². The molecule has 1 aromatic heterocycles. The van der Waals surface area contributed by atoms with Gasteiger partial charge < -0.3 is 15.7 Å². The molecular weight excluding hydrogens is 260 g/mol. The summed E-state index contributed by atoms with van der Waals surface area (Å²) in [5, 5.41) is 16.0. The third-order valence-electron chi connectivity index (χ3n) is 3.15. The topological polar surface area (TPSA) is 70.1 Å². The molecule has 0 aliphatic rings. The zero-order chi connectivity index (χ0) is 14.4. The van der Waals surface area contributed by atoms with Gasteiger partial charge >= 0.3 is 0 Å². The number of aliphatic hydroxyl groups excluding tert-OH is 1. The molecule has 2 unspecified atom stereocenters. The zero-order valence-electron chi connectivity index (χ0n) is 12.3. The second kappa shape index (κ2) is 7.55. The van der Waals surface area contributed by atoms with Crippen molar-refractivity contribution < 1.29 is 5.11 Å². The molecule has 0 aromatic carbocycles. The van der Waals surface area contributed by atoms with Gasteiger partial charge in [-0.25, -0.2) is 9.97 Å². The third kappa shape index (κ3) is 3.98. The van der Waals surface area contributed by atoms with Gasteiger partial charge in [-0.3, -0.25) is 0 Å². The highest BCUT2D eigenvalue weighted by atomic mass is 32.2. The Balaban J connectivity index is 2.99. The highest BCUT2D eigenvalue weighted by molar-refractivity contribution is 7.99. The van der Waals surface area contributed by atoms with Gasteiger partial charge in [0.25, 0.3) is 0 Å². The summed E-state index contributed by atoms with van der Waals surface area (Å²) in [5.74, 6) is 2.51. The Kier molecular flexibility index (Phi) is 6.37. The minimum Gasteiger partial charge on any atom is -0.395 e. The van der Waals surface area contributed by atoms with Crippen molar-refractivity contribution in [2.24, 2.45) is 0 Å². The highest BCUT2D eigenvalue weighted by Crippen LogP contribution is 2.22. The summed E-state index contributed by atoms with van der Waals surface area (Å²) in [6.07, 6.45) is 2.80. The standard InChI is InChI=1S/C13H24N4OS/c1-6-11-16-12(14-4)8(2)13(17-11)15-9(3)10(7-18)19-5/h9-10,18H,6-7H2,1-5H3,(H2,14,15,16,17). The highest BCUT2D eigenvalue weighted by Gasteiger charge is 2.18. The number of hydrogen-bond donors (Lipinski definition) is 3. The maximum absolute atomic E-state index is 9.34. The van der Waals surface area contributed by atoms with Gasteiger partial charge in [0.1, 0.15) is 17.5 Å². The molecule has 0 saturated heterocycles. The molecule has 0 radical (unpaired) electrons. The van der Waals surface area contributed by atoms with Crippen molar-refractivity contribution in [3.05, 3.63) is 11.4 Å². The molecule has 0 fully saturated rings. The van der Waals surface area contributed by atoms with E-state index in [9.17, 15) is 5.11 Å². The van der Waals surface area contributed by atoms with Gasteiger partial charge in [-0.05, 0) is 20.1 Å². The van der Waals surface area contributed by atoms with Crippen LogP contribution in [-0.4, -0.2) is 46.3 Å². The van der Waals surface area contributed by atoms with E-state index in [4.69, 9.17) is 0 Å². The maximum Gasteiger partial charge on any atom is 0.135 e. The summed E-state index contributed by atoms with van der Waals surface area (Å²) < 4.78 is 0. The van der Waals surface area contributed by atoms with Crippen LogP contribution in [0, 0.1) is 6.92 Å². The van der Waals surface area contributed by atoms with Crippen LogP contribution in [0.25, 0.3) is 0 Å². The van der Waals surface area contributed by atoms with Crippen molar-refractivity contribution in [1.29, 1.82) is 0 Å². The average Bonchev–Trinajstić information content (AvgIpc) is 2.42. The van der Waals surface area contributed by atoms with Gasteiger partial charge in [-0.15, -0.1) is 0 Å². The Hall–Kier alpha value is -1.01. The predicted molar refractivity (Wildman–Crippen MR) is 83.2 cm³/mol. The normalized spacial score (nSPS) is 14.0. The molecular formula is C13H24N4OS. The number of aryl methyl sites for hydroxylation is 1. The first-order chi connectivity index (χ1) is 9.07. The summed E-state index contributed by atoms with van der Waals surface area (Å²) in [7, 11) is 1.86. The lowest BCUT2D eigenvalue weighted by Crippen LogP contribution is -2.31. The molecule has 1 heterocycles. The van der Waals surface area contributed by atoms with E-state index in [1.807, 2.05) is 27.2 Å². The number of nitrogens with one attached hydrogen (secondary N) is 2. The Morgan fingerprint density at radius 2 is 1.95 bits per heavy atom. The maximum atomic E-state index is 9.34. The molecule has 1 aromatic rings. The molecule has 5 nitrogen and oxygen atoms in total. The fraction of sp³-hybridized carbons (Fsp3) is 0.692. The second-order valence-electron chi connectivity index (χ2n) is 4.46. The van der Waals surface area contributed by atoms with Crippen molar-refractivity contribution in [3.63, 3.8) is 0 Å². The number of nitrogens with zero attached hydrogens (tertiary/aromatic N) is 2. The molecule has 19 heavy (non-hydrogen) atoms. The van der Waals surface area contributed by atoms with E-state index >= 15 is 0 Å². The summed E-state index contributed by atoms with van der Waals surface area (Å²) in [5.41, 5.74) is 1.00. The Labute approximate surface area is 119 Å². The van der Waals surface area contributed by atoms with Crippen molar-refractivity contribution in [1.82, 2.24) is 9.97 Å². The van der Waals surface area contributed by atoms with Crippen molar-refractivity contribution in [2.75, 3.05) is 30.5 Å². The van der Waals surface area contributed by atoms with Crippen LogP contribution in [0.3, 0.4) is 0 Å². The van der Waals surface area contributed by atoms with Gasteiger partial charge in [-0.2, -0.15) is 11.8 Å². The number of aromatic nitrogens is 2. The smallest absolute Gasteiger partial charge is 0.135 e.